The zero-order chi connectivity index (χ0) is 12.9. The predicted molar refractivity (Wildman–Crippen MR) is 75.2 cm³/mol. The van der Waals surface area contributed by atoms with E-state index in [1.54, 1.807) is 0 Å². The highest BCUT2D eigenvalue weighted by Crippen LogP contribution is 2.57. The van der Waals surface area contributed by atoms with Crippen molar-refractivity contribution >= 4 is 0 Å². The van der Waals surface area contributed by atoms with Crippen LogP contribution in [0.4, 0.5) is 0 Å². The highest BCUT2D eigenvalue weighted by atomic mass is 16.3. The fourth-order valence-electron chi connectivity index (χ4n) is 5.49. The molecule has 0 aromatic heterocycles. The Morgan fingerprint density at radius 3 is 2.39 bits per heavy atom. The van der Waals surface area contributed by atoms with Gasteiger partial charge in [-0.2, -0.15) is 0 Å². The van der Waals surface area contributed by atoms with E-state index in [9.17, 15) is 5.11 Å². The van der Waals surface area contributed by atoms with Gasteiger partial charge in [0, 0.05) is 0 Å². The second-order valence-corrected chi connectivity index (χ2v) is 8.11. The van der Waals surface area contributed by atoms with Gasteiger partial charge in [0.25, 0.3) is 0 Å². The van der Waals surface area contributed by atoms with Gasteiger partial charge in [-0.15, -0.1) is 0 Å². The van der Waals surface area contributed by atoms with Crippen LogP contribution in [0.15, 0.2) is 0 Å². The third-order valence-corrected chi connectivity index (χ3v) is 6.98. The second-order valence-electron chi connectivity index (χ2n) is 8.11. The summed E-state index contributed by atoms with van der Waals surface area (Å²) in [5.74, 6) is 4.66. The minimum atomic E-state index is 0.0141. The molecule has 0 radical (unpaired) electrons. The average molecular weight is 250 g/mol. The summed E-state index contributed by atoms with van der Waals surface area (Å²) < 4.78 is 0. The Morgan fingerprint density at radius 2 is 1.61 bits per heavy atom. The standard InChI is InChI=1S/C17H30O/c1-11-14-6-4-12-10-13(18)5-7-15(12)16(14)8-9-17(11,2)3/h11-16,18H,4-10H2,1-3H3. The molecular weight excluding hydrogens is 220 g/mol. The average Bonchev–Trinajstić information content (AvgIpc) is 2.33. The summed E-state index contributed by atoms with van der Waals surface area (Å²) in [7, 11) is 0. The minimum Gasteiger partial charge on any atom is -0.393 e. The van der Waals surface area contributed by atoms with Gasteiger partial charge in [-0.25, -0.2) is 0 Å². The van der Waals surface area contributed by atoms with Crippen LogP contribution in [0.5, 0.6) is 0 Å². The summed E-state index contributed by atoms with van der Waals surface area (Å²) in [5.41, 5.74) is 0.558. The molecule has 0 amide bonds. The molecule has 0 aromatic carbocycles. The normalized spacial score (nSPS) is 51.3. The lowest BCUT2D eigenvalue weighted by molar-refractivity contribution is -0.0675. The van der Waals surface area contributed by atoms with E-state index >= 15 is 0 Å². The number of hydrogen-bond acceptors (Lipinski definition) is 1. The molecule has 0 spiro atoms. The Hall–Kier alpha value is -0.0400. The van der Waals surface area contributed by atoms with Crippen molar-refractivity contribution in [3.05, 3.63) is 0 Å². The predicted octanol–water partition coefficient (Wildman–Crippen LogP) is 4.25. The van der Waals surface area contributed by atoms with Gasteiger partial charge in [-0.05, 0) is 80.0 Å². The molecule has 3 saturated carbocycles. The summed E-state index contributed by atoms with van der Waals surface area (Å²) in [6.45, 7) is 7.46. The molecule has 0 heterocycles. The number of rotatable bonds is 0. The first-order valence-corrected chi connectivity index (χ1v) is 8.17. The van der Waals surface area contributed by atoms with Gasteiger partial charge in [-0.1, -0.05) is 20.8 Å². The van der Waals surface area contributed by atoms with Gasteiger partial charge in [0.2, 0.25) is 0 Å². The van der Waals surface area contributed by atoms with Gasteiger partial charge in [0.1, 0.15) is 0 Å². The van der Waals surface area contributed by atoms with Crippen LogP contribution in [0, 0.1) is 35.0 Å². The van der Waals surface area contributed by atoms with E-state index in [-0.39, 0.29) is 6.10 Å². The van der Waals surface area contributed by atoms with Crippen LogP contribution >= 0.6 is 0 Å². The first-order chi connectivity index (χ1) is 8.49. The van der Waals surface area contributed by atoms with Crippen molar-refractivity contribution in [1.82, 2.24) is 0 Å². The first kappa shape index (κ1) is 13.0. The van der Waals surface area contributed by atoms with Crippen LogP contribution in [0.2, 0.25) is 0 Å². The molecule has 1 nitrogen and oxygen atoms in total. The van der Waals surface area contributed by atoms with E-state index in [4.69, 9.17) is 0 Å². The summed E-state index contributed by atoms with van der Waals surface area (Å²) in [5, 5.41) is 9.88. The van der Waals surface area contributed by atoms with Crippen molar-refractivity contribution in [2.24, 2.45) is 35.0 Å². The van der Waals surface area contributed by atoms with Crippen molar-refractivity contribution < 1.29 is 5.11 Å². The van der Waals surface area contributed by atoms with E-state index in [1.165, 1.54) is 32.1 Å². The molecule has 1 N–H and O–H groups in total. The molecular formula is C17H30O. The van der Waals surface area contributed by atoms with Gasteiger partial charge in [-0.3, -0.25) is 0 Å². The number of aliphatic hydroxyl groups is 1. The Bertz CT molecular complexity index is 309. The maximum Gasteiger partial charge on any atom is 0.0543 e. The third kappa shape index (κ3) is 2.03. The second kappa shape index (κ2) is 4.51. The maximum atomic E-state index is 9.88. The summed E-state index contributed by atoms with van der Waals surface area (Å²) in [4.78, 5) is 0. The van der Waals surface area contributed by atoms with Crippen molar-refractivity contribution in [2.75, 3.05) is 0 Å². The zero-order valence-corrected chi connectivity index (χ0v) is 12.4. The van der Waals surface area contributed by atoms with Crippen LogP contribution in [0.3, 0.4) is 0 Å². The molecule has 0 saturated heterocycles. The Kier molecular flexibility index (Phi) is 3.25. The number of fused-ring (bicyclic) bond motifs is 3. The summed E-state index contributed by atoms with van der Waals surface area (Å²) >= 11 is 0. The maximum absolute atomic E-state index is 9.88. The molecule has 6 atom stereocenters. The Labute approximate surface area is 112 Å². The van der Waals surface area contributed by atoms with E-state index in [0.29, 0.717) is 5.41 Å². The summed E-state index contributed by atoms with van der Waals surface area (Å²) in [6, 6.07) is 0. The molecule has 3 rings (SSSR count). The highest BCUT2D eigenvalue weighted by Gasteiger charge is 2.49. The van der Waals surface area contributed by atoms with Crippen molar-refractivity contribution in [1.29, 1.82) is 0 Å². The third-order valence-electron chi connectivity index (χ3n) is 6.98. The molecule has 1 heteroatoms. The fraction of sp³-hybridized carbons (Fsp3) is 1.00. The van der Waals surface area contributed by atoms with E-state index < -0.39 is 0 Å². The Morgan fingerprint density at radius 1 is 0.889 bits per heavy atom. The van der Waals surface area contributed by atoms with Crippen LogP contribution in [-0.4, -0.2) is 11.2 Å². The van der Waals surface area contributed by atoms with E-state index in [0.717, 1.165) is 42.4 Å². The lowest BCUT2D eigenvalue weighted by Crippen LogP contribution is -2.47. The van der Waals surface area contributed by atoms with Crippen LogP contribution in [0.25, 0.3) is 0 Å². The topological polar surface area (TPSA) is 20.2 Å². The number of hydrogen-bond donors (Lipinski definition) is 1. The van der Waals surface area contributed by atoms with Gasteiger partial charge >= 0.3 is 0 Å². The van der Waals surface area contributed by atoms with Crippen LogP contribution < -0.4 is 0 Å². The highest BCUT2D eigenvalue weighted by molar-refractivity contribution is 4.98. The van der Waals surface area contributed by atoms with Crippen molar-refractivity contribution in [3.63, 3.8) is 0 Å². The molecule has 18 heavy (non-hydrogen) atoms. The lowest BCUT2D eigenvalue weighted by atomic mass is 9.50. The number of aliphatic hydroxyl groups excluding tert-OH is 1. The van der Waals surface area contributed by atoms with Crippen molar-refractivity contribution in [3.8, 4) is 0 Å². The molecule has 0 aromatic rings. The molecule has 3 fully saturated rings. The molecule has 0 bridgehead atoms. The molecule has 3 aliphatic rings. The van der Waals surface area contributed by atoms with Crippen molar-refractivity contribution in [2.45, 2.75) is 71.8 Å². The summed E-state index contributed by atoms with van der Waals surface area (Å²) in [6.07, 6.45) is 9.20. The van der Waals surface area contributed by atoms with E-state index in [1.807, 2.05) is 0 Å². The quantitative estimate of drug-likeness (QED) is 0.681. The molecule has 6 unspecified atom stereocenters. The van der Waals surface area contributed by atoms with E-state index in [2.05, 4.69) is 20.8 Å². The monoisotopic (exact) mass is 250 g/mol. The lowest BCUT2D eigenvalue weighted by Gasteiger charge is -2.55. The molecule has 0 aliphatic heterocycles. The van der Waals surface area contributed by atoms with Gasteiger partial charge in [0.05, 0.1) is 6.10 Å². The Balaban J connectivity index is 1.77. The van der Waals surface area contributed by atoms with Crippen LogP contribution in [-0.2, 0) is 0 Å². The smallest absolute Gasteiger partial charge is 0.0543 e. The zero-order valence-electron chi connectivity index (χ0n) is 12.4. The molecule has 3 aliphatic carbocycles. The largest absolute Gasteiger partial charge is 0.393 e. The first-order valence-electron chi connectivity index (χ1n) is 8.17. The minimum absolute atomic E-state index is 0.0141. The van der Waals surface area contributed by atoms with Crippen LogP contribution in [0.1, 0.15) is 65.7 Å². The fourth-order valence-corrected chi connectivity index (χ4v) is 5.49. The van der Waals surface area contributed by atoms with Gasteiger partial charge in [0.15, 0.2) is 0 Å². The molecule has 104 valence electrons. The van der Waals surface area contributed by atoms with Gasteiger partial charge < -0.3 is 5.11 Å². The SMILES string of the molecule is CC1C2CCC3CC(O)CCC3C2CCC1(C)C.